The maximum Gasteiger partial charge on any atom is 0.245 e. The molecule has 0 heterocycles. The number of hydrogen-bond donors (Lipinski definition) is 0. The van der Waals surface area contributed by atoms with Crippen molar-refractivity contribution >= 4 is 22.9 Å². The van der Waals surface area contributed by atoms with Gasteiger partial charge in [0.1, 0.15) is 0 Å². The second kappa shape index (κ2) is 4.07. The van der Waals surface area contributed by atoms with Crippen LogP contribution in [0.15, 0.2) is 30.3 Å². The highest BCUT2D eigenvalue weighted by atomic mass is 35.5. The Kier molecular flexibility index (Phi) is 3.06. The summed E-state index contributed by atoms with van der Waals surface area (Å²) in [7, 11) is 0. The molecule has 0 aliphatic rings. The van der Waals surface area contributed by atoms with Crippen LogP contribution in [0, 0.1) is 6.92 Å². The Bertz CT molecular complexity index is 315. The summed E-state index contributed by atoms with van der Waals surface area (Å²) in [4.78, 5) is 10.4. The van der Waals surface area contributed by atoms with E-state index in [-0.39, 0.29) is 0 Å². The number of carbonyl (C=O) groups is 1. The van der Waals surface area contributed by atoms with Crippen LogP contribution in [0.1, 0.15) is 11.1 Å². The first-order valence-electron chi connectivity index (χ1n) is 3.63. The molecule has 0 radical (unpaired) electrons. The Morgan fingerprint density at radius 3 is 2.67 bits per heavy atom. The van der Waals surface area contributed by atoms with Gasteiger partial charge in [0, 0.05) is 0 Å². The number of rotatable bonds is 2. The van der Waals surface area contributed by atoms with Gasteiger partial charge in [0.25, 0.3) is 0 Å². The summed E-state index contributed by atoms with van der Waals surface area (Å²) in [5.74, 6) is 0. The molecule has 0 fully saturated rings. The fourth-order valence-electron chi connectivity index (χ4n) is 0.929. The van der Waals surface area contributed by atoms with E-state index in [0.717, 1.165) is 11.1 Å². The predicted octanol–water partition coefficient (Wildman–Crippen LogP) is 2.77. The van der Waals surface area contributed by atoms with Gasteiger partial charge >= 0.3 is 0 Å². The molecule has 0 saturated heterocycles. The lowest BCUT2D eigenvalue weighted by Crippen LogP contribution is -1.80. The molecule has 1 aromatic carbocycles. The number of aryl methyl sites for hydroxylation is 1. The van der Waals surface area contributed by atoms with Crippen LogP contribution < -0.4 is 0 Å². The molecule has 0 aliphatic heterocycles. The molecule has 1 aromatic rings. The van der Waals surface area contributed by atoms with Gasteiger partial charge in [0.15, 0.2) is 0 Å². The summed E-state index contributed by atoms with van der Waals surface area (Å²) < 4.78 is 0. The predicted molar refractivity (Wildman–Crippen MR) is 51.1 cm³/mol. The molecule has 0 aromatic heterocycles. The maximum absolute atomic E-state index is 10.4. The fraction of sp³-hybridized carbons (Fsp3) is 0.100. The number of benzene rings is 1. The Morgan fingerprint density at radius 1 is 1.42 bits per heavy atom. The van der Waals surface area contributed by atoms with Crippen LogP contribution in [0.3, 0.4) is 0 Å². The van der Waals surface area contributed by atoms with E-state index in [1.165, 1.54) is 6.08 Å². The summed E-state index contributed by atoms with van der Waals surface area (Å²) in [5.41, 5.74) is 2.15. The van der Waals surface area contributed by atoms with Gasteiger partial charge in [0.2, 0.25) is 5.24 Å². The zero-order valence-electron chi connectivity index (χ0n) is 6.75. The summed E-state index contributed by atoms with van der Waals surface area (Å²) in [6.07, 6.45) is 3.06. The van der Waals surface area contributed by atoms with Crippen molar-refractivity contribution in [3.8, 4) is 0 Å². The van der Waals surface area contributed by atoms with Gasteiger partial charge < -0.3 is 0 Å². The highest BCUT2D eigenvalue weighted by Gasteiger charge is 1.91. The molecule has 0 N–H and O–H groups in total. The average molecular weight is 181 g/mol. The van der Waals surface area contributed by atoms with Crippen molar-refractivity contribution in [1.82, 2.24) is 0 Å². The molecule has 0 spiro atoms. The first-order valence-corrected chi connectivity index (χ1v) is 4.01. The summed E-state index contributed by atoms with van der Waals surface area (Å²) >= 11 is 5.15. The second-order valence-corrected chi connectivity index (χ2v) is 2.87. The van der Waals surface area contributed by atoms with Gasteiger partial charge in [-0.05, 0) is 41.8 Å². The molecule has 0 amide bonds. The summed E-state index contributed by atoms with van der Waals surface area (Å²) in [6, 6.07) is 7.80. The molecule has 0 unspecified atom stereocenters. The molecule has 0 aliphatic carbocycles. The van der Waals surface area contributed by atoms with E-state index >= 15 is 0 Å². The van der Waals surface area contributed by atoms with E-state index in [4.69, 9.17) is 11.6 Å². The van der Waals surface area contributed by atoms with Crippen molar-refractivity contribution < 1.29 is 4.79 Å². The first-order chi connectivity index (χ1) is 5.70. The average Bonchev–Trinajstić information content (AvgIpc) is 2.03. The van der Waals surface area contributed by atoms with Gasteiger partial charge in [-0.2, -0.15) is 0 Å². The minimum Gasteiger partial charge on any atom is -0.276 e. The molecular formula is C10H9ClO. The Labute approximate surface area is 76.7 Å². The van der Waals surface area contributed by atoms with Gasteiger partial charge in [-0.15, -0.1) is 0 Å². The van der Waals surface area contributed by atoms with Crippen molar-refractivity contribution in [2.45, 2.75) is 6.92 Å². The van der Waals surface area contributed by atoms with Gasteiger partial charge in [-0.1, -0.05) is 24.3 Å². The second-order valence-electron chi connectivity index (χ2n) is 2.49. The zero-order chi connectivity index (χ0) is 8.97. The smallest absolute Gasteiger partial charge is 0.245 e. The largest absolute Gasteiger partial charge is 0.276 e. The summed E-state index contributed by atoms with van der Waals surface area (Å²) in [6.45, 7) is 1.98. The molecule has 0 saturated carbocycles. The molecule has 62 valence electrons. The van der Waals surface area contributed by atoms with Crippen LogP contribution in [0.2, 0.25) is 0 Å². The standard InChI is InChI=1S/C10H9ClO/c1-8-4-2-3-5-9(8)6-7-10(11)12/h2-7H,1H3/b7-6+. The number of allylic oxidation sites excluding steroid dienone is 1. The van der Waals surface area contributed by atoms with E-state index in [9.17, 15) is 4.79 Å². The van der Waals surface area contributed by atoms with Crippen LogP contribution in [0.4, 0.5) is 0 Å². The molecular weight excluding hydrogens is 172 g/mol. The fourth-order valence-corrected chi connectivity index (χ4v) is 0.992. The number of halogens is 1. The quantitative estimate of drug-likeness (QED) is 0.505. The monoisotopic (exact) mass is 180 g/mol. The lowest BCUT2D eigenvalue weighted by atomic mass is 10.1. The lowest BCUT2D eigenvalue weighted by molar-refractivity contribution is -0.107. The molecule has 0 bridgehead atoms. The van der Waals surface area contributed by atoms with Gasteiger partial charge in [-0.3, -0.25) is 4.79 Å². The minimum atomic E-state index is -0.446. The third kappa shape index (κ3) is 2.51. The molecule has 1 nitrogen and oxygen atoms in total. The minimum absolute atomic E-state index is 0.446. The van der Waals surface area contributed by atoms with Crippen LogP contribution in [-0.2, 0) is 4.79 Å². The molecule has 2 heteroatoms. The maximum atomic E-state index is 10.4. The SMILES string of the molecule is Cc1ccccc1/C=C/C(=O)Cl. The Hall–Kier alpha value is -1.08. The zero-order valence-corrected chi connectivity index (χ0v) is 7.51. The molecule has 0 atom stereocenters. The van der Waals surface area contributed by atoms with Gasteiger partial charge in [0.05, 0.1) is 0 Å². The lowest BCUT2D eigenvalue weighted by Gasteiger charge is -1.96. The number of hydrogen-bond acceptors (Lipinski definition) is 1. The van der Waals surface area contributed by atoms with Crippen molar-refractivity contribution in [1.29, 1.82) is 0 Å². The topological polar surface area (TPSA) is 17.1 Å². The first kappa shape index (κ1) is 9.01. The highest BCUT2D eigenvalue weighted by molar-refractivity contribution is 6.66. The Morgan fingerprint density at radius 2 is 2.08 bits per heavy atom. The van der Waals surface area contributed by atoms with Crippen LogP contribution in [0.25, 0.3) is 6.08 Å². The van der Waals surface area contributed by atoms with Crippen molar-refractivity contribution in [2.24, 2.45) is 0 Å². The van der Waals surface area contributed by atoms with E-state index < -0.39 is 5.24 Å². The molecule has 1 rings (SSSR count). The molecule has 12 heavy (non-hydrogen) atoms. The number of carbonyl (C=O) groups excluding carboxylic acids is 1. The van der Waals surface area contributed by atoms with Gasteiger partial charge in [-0.25, -0.2) is 0 Å². The van der Waals surface area contributed by atoms with E-state index in [1.807, 2.05) is 31.2 Å². The third-order valence-electron chi connectivity index (χ3n) is 1.58. The summed E-state index contributed by atoms with van der Waals surface area (Å²) in [5, 5.41) is -0.446. The van der Waals surface area contributed by atoms with Crippen LogP contribution in [0.5, 0.6) is 0 Å². The van der Waals surface area contributed by atoms with Crippen LogP contribution in [-0.4, -0.2) is 5.24 Å². The normalized spacial score (nSPS) is 10.5. The third-order valence-corrected chi connectivity index (χ3v) is 1.71. The van der Waals surface area contributed by atoms with Crippen molar-refractivity contribution in [3.63, 3.8) is 0 Å². The van der Waals surface area contributed by atoms with E-state index in [1.54, 1.807) is 6.08 Å². The van der Waals surface area contributed by atoms with E-state index in [2.05, 4.69) is 0 Å². The van der Waals surface area contributed by atoms with Crippen molar-refractivity contribution in [2.75, 3.05) is 0 Å². The Balaban J connectivity index is 2.89. The van der Waals surface area contributed by atoms with Crippen molar-refractivity contribution in [3.05, 3.63) is 41.5 Å². The highest BCUT2D eigenvalue weighted by Crippen LogP contribution is 2.08. The van der Waals surface area contributed by atoms with Crippen LogP contribution >= 0.6 is 11.6 Å². The van der Waals surface area contributed by atoms with E-state index in [0.29, 0.717) is 0 Å².